The maximum atomic E-state index is 6.08. The highest BCUT2D eigenvalue weighted by Crippen LogP contribution is 2.20. The van der Waals surface area contributed by atoms with Gasteiger partial charge in [-0.3, -0.25) is 9.89 Å². The molecule has 0 aliphatic carbocycles. The van der Waals surface area contributed by atoms with Crippen LogP contribution in [-0.2, 0) is 0 Å². The molecule has 1 heterocycles. The van der Waals surface area contributed by atoms with E-state index in [0.717, 1.165) is 50.7 Å². The maximum Gasteiger partial charge on any atom is 0.188 e. The van der Waals surface area contributed by atoms with Gasteiger partial charge in [0.15, 0.2) is 5.96 Å². The fourth-order valence-corrected chi connectivity index (χ4v) is 3.00. The van der Waals surface area contributed by atoms with Crippen molar-refractivity contribution >= 4 is 23.2 Å². The van der Waals surface area contributed by atoms with Gasteiger partial charge >= 0.3 is 0 Å². The van der Waals surface area contributed by atoms with E-state index in [1.807, 2.05) is 18.2 Å². The molecular weight excluding hydrogens is 322 g/mol. The van der Waals surface area contributed by atoms with E-state index in [1.54, 1.807) is 0 Å². The number of halogens is 1. The van der Waals surface area contributed by atoms with E-state index < -0.39 is 0 Å². The normalized spacial score (nSPS) is 17.2. The van der Waals surface area contributed by atoms with E-state index in [1.165, 1.54) is 5.69 Å². The number of nitrogens with zero attached hydrogens (tertiary/aromatic N) is 3. The third-order valence-electron chi connectivity index (χ3n) is 3.96. The summed E-state index contributed by atoms with van der Waals surface area (Å²) in [6.45, 7) is 12.3. The Labute approximate surface area is 150 Å². The standard InChI is InChI=1S/C18H30ClN5/c1-18(2,3)22-17(20)21-8-5-9-23-10-12-24(13-11-23)16-7-4-6-15(19)14-16/h4,6-7,14H,5,8-13H2,1-3H3,(H3,20,21,22). The van der Waals surface area contributed by atoms with Crippen LogP contribution < -0.4 is 16.0 Å². The van der Waals surface area contributed by atoms with Crippen molar-refractivity contribution in [2.45, 2.75) is 32.7 Å². The molecule has 134 valence electrons. The molecule has 0 amide bonds. The zero-order chi connectivity index (χ0) is 17.6. The molecule has 0 radical (unpaired) electrons. The van der Waals surface area contributed by atoms with Crippen molar-refractivity contribution in [3.05, 3.63) is 29.3 Å². The van der Waals surface area contributed by atoms with E-state index in [4.69, 9.17) is 17.3 Å². The number of hydrogen-bond acceptors (Lipinski definition) is 3. The third-order valence-corrected chi connectivity index (χ3v) is 4.20. The smallest absolute Gasteiger partial charge is 0.188 e. The summed E-state index contributed by atoms with van der Waals surface area (Å²) >= 11 is 6.08. The quantitative estimate of drug-likeness (QED) is 0.486. The molecule has 1 aromatic carbocycles. The fourth-order valence-electron chi connectivity index (χ4n) is 2.82. The van der Waals surface area contributed by atoms with Crippen molar-refractivity contribution in [1.82, 2.24) is 10.2 Å². The lowest BCUT2D eigenvalue weighted by atomic mass is 10.1. The van der Waals surface area contributed by atoms with Crippen LogP contribution in [0.4, 0.5) is 5.69 Å². The number of hydrogen-bond donors (Lipinski definition) is 2. The summed E-state index contributed by atoms with van der Waals surface area (Å²) in [6, 6.07) is 8.10. The van der Waals surface area contributed by atoms with Gasteiger partial charge in [0.25, 0.3) is 0 Å². The van der Waals surface area contributed by atoms with Crippen molar-refractivity contribution in [3.63, 3.8) is 0 Å². The number of rotatable bonds is 5. The van der Waals surface area contributed by atoms with E-state index in [-0.39, 0.29) is 5.54 Å². The van der Waals surface area contributed by atoms with Gasteiger partial charge in [0.05, 0.1) is 0 Å². The van der Waals surface area contributed by atoms with Crippen LogP contribution in [-0.4, -0.2) is 55.7 Å². The van der Waals surface area contributed by atoms with Crippen LogP contribution >= 0.6 is 11.6 Å². The largest absolute Gasteiger partial charge is 0.370 e. The molecule has 1 fully saturated rings. The lowest BCUT2D eigenvalue weighted by Crippen LogP contribution is -2.47. The predicted molar refractivity (Wildman–Crippen MR) is 104 cm³/mol. The summed E-state index contributed by atoms with van der Waals surface area (Å²) in [5.74, 6) is 0.535. The van der Waals surface area contributed by atoms with Crippen LogP contribution in [0.5, 0.6) is 0 Å². The Bertz CT molecular complexity index is 545. The number of guanidine groups is 1. The van der Waals surface area contributed by atoms with Crippen molar-refractivity contribution < 1.29 is 0 Å². The first kappa shape index (κ1) is 18.9. The highest BCUT2D eigenvalue weighted by molar-refractivity contribution is 6.30. The van der Waals surface area contributed by atoms with Crippen LogP contribution in [0.2, 0.25) is 5.02 Å². The highest BCUT2D eigenvalue weighted by Gasteiger charge is 2.17. The third kappa shape index (κ3) is 6.57. The van der Waals surface area contributed by atoms with Crippen molar-refractivity contribution in [3.8, 4) is 0 Å². The monoisotopic (exact) mass is 351 g/mol. The Kier molecular flexibility index (Phi) is 6.75. The summed E-state index contributed by atoms with van der Waals surface area (Å²) in [7, 11) is 0. The molecule has 0 saturated carbocycles. The Hall–Kier alpha value is -1.46. The lowest BCUT2D eigenvalue weighted by Gasteiger charge is -2.36. The molecule has 0 atom stereocenters. The zero-order valence-electron chi connectivity index (χ0n) is 15.1. The van der Waals surface area contributed by atoms with Crippen LogP contribution in [0, 0.1) is 0 Å². The minimum Gasteiger partial charge on any atom is -0.370 e. The van der Waals surface area contributed by atoms with Gasteiger partial charge < -0.3 is 16.0 Å². The first-order chi connectivity index (χ1) is 11.3. The van der Waals surface area contributed by atoms with Gasteiger partial charge in [0, 0.05) is 55.5 Å². The molecule has 0 bridgehead atoms. The second kappa shape index (κ2) is 8.58. The van der Waals surface area contributed by atoms with Crippen molar-refractivity contribution in [2.75, 3.05) is 44.2 Å². The minimum absolute atomic E-state index is 0.0375. The molecule has 6 heteroatoms. The molecule has 1 saturated heterocycles. The first-order valence-corrected chi connectivity index (χ1v) is 9.02. The van der Waals surface area contributed by atoms with Gasteiger partial charge in [-0.1, -0.05) is 17.7 Å². The van der Waals surface area contributed by atoms with Crippen LogP contribution in [0.15, 0.2) is 29.3 Å². The van der Waals surface area contributed by atoms with Crippen molar-refractivity contribution in [2.24, 2.45) is 10.7 Å². The Balaban J connectivity index is 1.67. The molecule has 0 aromatic heterocycles. The molecule has 1 aliphatic rings. The molecule has 5 nitrogen and oxygen atoms in total. The Morgan fingerprint density at radius 2 is 1.96 bits per heavy atom. The maximum absolute atomic E-state index is 6.08. The predicted octanol–water partition coefficient (Wildman–Crippen LogP) is 2.55. The lowest BCUT2D eigenvalue weighted by molar-refractivity contribution is 0.256. The van der Waals surface area contributed by atoms with Crippen LogP contribution in [0.1, 0.15) is 27.2 Å². The topological polar surface area (TPSA) is 56.9 Å². The number of nitrogens with two attached hydrogens (primary N) is 1. The SMILES string of the molecule is CC(C)(C)NC(N)=NCCCN1CCN(c2cccc(Cl)c2)CC1. The fraction of sp³-hybridized carbons (Fsp3) is 0.611. The van der Waals surface area contributed by atoms with E-state index in [2.05, 4.69) is 46.9 Å². The second-order valence-electron chi connectivity index (χ2n) is 7.30. The van der Waals surface area contributed by atoms with E-state index in [9.17, 15) is 0 Å². The molecule has 0 unspecified atom stereocenters. The first-order valence-electron chi connectivity index (χ1n) is 8.64. The summed E-state index contributed by atoms with van der Waals surface area (Å²) < 4.78 is 0. The Morgan fingerprint density at radius 1 is 1.25 bits per heavy atom. The van der Waals surface area contributed by atoms with Gasteiger partial charge in [0.1, 0.15) is 0 Å². The molecule has 1 aliphatic heterocycles. The van der Waals surface area contributed by atoms with Gasteiger partial charge in [-0.05, 0) is 45.4 Å². The second-order valence-corrected chi connectivity index (χ2v) is 7.74. The van der Waals surface area contributed by atoms with E-state index >= 15 is 0 Å². The molecule has 1 aromatic rings. The minimum atomic E-state index is -0.0375. The van der Waals surface area contributed by atoms with Gasteiger partial charge in [-0.2, -0.15) is 0 Å². The van der Waals surface area contributed by atoms with Crippen LogP contribution in [0.25, 0.3) is 0 Å². The summed E-state index contributed by atoms with van der Waals surface area (Å²) in [5, 5.41) is 3.98. The van der Waals surface area contributed by atoms with Crippen LogP contribution in [0.3, 0.4) is 0 Å². The number of aliphatic imine (C=N–C) groups is 1. The molecule has 0 spiro atoms. The van der Waals surface area contributed by atoms with Gasteiger partial charge in [-0.15, -0.1) is 0 Å². The molecule has 3 N–H and O–H groups in total. The number of piperazine rings is 1. The molecule has 24 heavy (non-hydrogen) atoms. The average Bonchev–Trinajstić information content (AvgIpc) is 2.50. The summed E-state index contributed by atoms with van der Waals surface area (Å²) in [5.41, 5.74) is 7.06. The summed E-state index contributed by atoms with van der Waals surface area (Å²) in [4.78, 5) is 9.28. The Morgan fingerprint density at radius 3 is 2.58 bits per heavy atom. The number of benzene rings is 1. The van der Waals surface area contributed by atoms with E-state index in [0.29, 0.717) is 5.96 Å². The number of nitrogens with one attached hydrogen (secondary N) is 1. The van der Waals surface area contributed by atoms with Gasteiger partial charge in [-0.25, -0.2) is 0 Å². The molecule has 2 rings (SSSR count). The number of anilines is 1. The molecular formula is C18H30ClN5. The zero-order valence-corrected chi connectivity index (χ0v) is 15.8. The summed E-state index contributed by atoms with van der Waals surface area (Å²) in [6.07, 6.45) is 1.03. The van der Waals surface area contributed by atoms with Gasteiger partial charge in [0.2, 0.25) is 0 Å². The average molecular weight is 352 g/mol. The van der Waals surface area contributed by atoms with Crippen molar-refractivity contribution in [1.29, 1.82) is 0 Å². The highest BCUT2D eigenvalue weighted by atomic mass is 35.5.